The van der Waals surface area contributed by atoms with Gasteiger partial charge in [-0.25, -0.2) is 0 Å². The first kappa shape index (κ1) is 14.5. The van der Waals surface area contributed by atoms with Gasteiger partial charge in [0.15, 0.2) is 5.79 Å². The molecule has 3 rings (SSSR count). The lowest BCUT2D eigenvalue weighted by Crippen LogP contribution is -2.46. The van der Waals surface area contributed by atoms with E-state index in [1.165, 1.54) is 5.57 Å². The second-order valence-electron chi connectivity index (χ2n) is 6.86. The van der Waals surface area contributed by atoms with Crippen LogP contribution in [0, 0.1) is 11.3 Å². The summed E-state index contributed by atoms with van der Waals surface area (Å²) in [6, 6.07) is 0. The van der Waals surface area contributed by atoms with Crippen LogP contribution in [0.3, 0.4) is 0 Å². The molecule has 0 radical (unpaired) electrons. The van der Waals surface area contributed by atoms with Gasteiger partial charge >= 0.3 is 0 Å². The van der Waals surface area contributed by atoms with Crippen molar-refractivity contribution in [3.05, 3.63) is 11.6 Å². The summed E-state index contributed by atoms with van der Waals surface area (Å²) in [6.07, 6.45) is 6.24. The van der Waals surface area contributed by atoms with Crippen molar-refractivity contribution in [1.82, 2.24) is 0 Å². The van der Waals surface area contributed by atoms with Crippen molar-refractivity contribution < 1.29 is 19.7 Å². The molecule has 1 saturated carbocycles. The molecule has 4 nitrogen and oxygen atoms in total. The fourth-order valence-electron chi connectivity index (χ4n) is 4.70. The molecule has 0 aromatic heterocycles. The van der Waals surface area contributed by atoms with Crippen molar-refractivity contribution in [2.75, 3.05) is 19.8 Å². The SMILES string of the molecule is CC1=CC2(CCO)CCC1C2(O)CCC1(C)OCCO1. The van der Waals surface area contributed by atoms with Crippen LogP contribution in [-0.4, -0.2) is 41.4 Å². The van der Waals surface area contributed by atoms with E-state index < -0.39 is 11.4 Å². The smallest absolute Gasteiger partial charge is 0.165 e. The Bertz CT molecular complexity index is 413. The first-order chi connectivity index (χ1) is 9.45. The van der Waals surface area contributed by atoms with Crippen LogP contribution in [0.2, 0.25) is 0 Å². The van der Waals surface area contributed by atoms with Crippen molar-refractivity contribution in [3.63, 3.8) is 0 Å². The Morgan fingerprint density at radius 2 is 1.95 bits per heavy atom. The Labute approximate surface area is 120 Å². The Kier molecular flexibility index (Phi) is 3.49. The minimum absolute atomic E-state index is 0.128. The molecule has 2 N–H and O–H groups in total. The van der Waals surface area contributed by atoms with Crippen LogP contribution < -0.4 is 0 Å². The average molecular weight is 282 g/mol. The van der Waals surface area contributed by atoms with Crippen molar-refractivity contribution in [1.29, 1.82) is 0 Å². The van der Waals surface area contributed by atoms with Gasteiger partial charge in [-0.3, -0.25) is 0 Å². The molecule has 2 aliphatic carbocycles. The van der Waals surface area contributed by atoms with E-state index in [1.807, 2.05) is 6.92 Å². The number of hydrogen-bond donors (Lipinski definition) is 2. The van der Waals surface area contributed by atoms with Gasteiger partial charge in [0.25, 0.3) is 0 Å². The predicted octanol–water partition coefficient (Wildman–Crippen LogP) is 2.00. The van der Waals surface area contributed by atoms with Gasteiger partial charge in [-0.1, -0.05) is 11.6 Å². The first-order valence-electron chi connectivity index (χ1n) is 7.75. The van der Waals surface area contributed by atoms with Crippen LogP contribution in [-0.2, 0) is 9.47 Å². The number of ether oxygens (including phenoxy) is 2. The summed E-state index contributed by atoms with van der Waals surface area (Å²) in [7, 11) is 0. The molecular weight excluding hydrogens is 256 g/mol. The maximum absolute atomic E-state index is 11.3. The molecule has 1 aliphatic heterocycles. The van der Waals surface area contributed by atoms with Crippen LogP contribution in [0.25, 0.3) is 0 Å². The van der Waals surface area contributed by atoms with Gasteiger partial charge in [0.05, 0.1) is 18.8 Å². The van der Waals surface area contributed by atoms with Crippen molar-refractivity contribution in [2.45, 2.75) is 57.3 Å². The second kappa shape index (κ2) is 4.80. The quantitative estimate of drug-likeness (QED) is 0.757. The lowest BCUT2D eigenvalue weighted by atomic mass is 9.71. The topological polar surface area (TPSA) is 58.9 Å². The summed E-state index contributed by atoms with van der Waals surface area (Å²) in [5, 5.41) is 20.7. The Morgan fingerprint density at radius 3 is 2.55 bits per heavy atom. The highest BCUT2D eigenvalue weighted by Gasteiger charge is 2.62. The van der Waals surface area contributed by atoms with E-state index in [2.05, 4.69) is 13.0 Å². The van der Waals surface area contributed by atoms with E-state index in [1.54, 1.807) is 0 Å². The predicted molar refractivity (Wildman–Crippen MR) is 75.1 cm³/mol. The maximum atomic E-state index is 11.3. The number of hydrogen-bond acceptors (Lipinski definition) is 4. The number of fused-ring (bicyclic) bond motifs is 2. The zero-order chi connectivity index (χ0) is 14.4. The van der Waals surface area contributed by atoms with Gasteiger partial charge in [-0.2, -0.15) is 0 Å². The third kappa shape index (κ3) is 1.97. The standard InChI is InChI=1S/C16H26O4/c1-12-11-15(7-8-17)4-3-13(12)16(15,18)6-5-14(2)19-9-10-20-14/h11,13,17-18H,3-10H2,1-2H3. The van der Waals surface area contributed by atoms with Gasteiger partial charge in [-0.15, -0.1) is 0 Å². The molecule has 3 unspecified atom stereocenters. The van der Waals surface area contributed by atoms with Crippen LogP contribution >= 0.6 is 0 Å². The van der Waals surface area contributed by atoms with Crippen LogP contribution in [0.15, 0.2) is 11.6 Å². The van der Waals surface area contributed by atoms with E-state index in [0.29, 0.717) is 32.5 Å². The summed E-state index contributed by atoms with van der Waals surface area (Å²) < 4.78 is 11.3. The van der Waals surface area contributed by atoms with E-state index >= 15 is 0 Å². The lowest BCUT2D eigenvalue weighted by Gasteiger charge is -2.40. The monoisotopic (exact) mass is 282 g/mol. The molecule has 2 bridgehead atoms. The zero-order valence-electron chi connectivity index (χ0n) is 12.5. The fraction of sp³-hybridized carbons (Fsp3) is 0.875. The van der Waals surface area contributed by atoms with Crippen molar-refractivity contribution in [3.8, 4) is 0 Å². The molecule has 1 saturated heterocycles. The van der Waals surface area contributed by atoms with Crippen molar-refractivity contribution >= 4 is 0 Å². The molecule has 20 heavy (non-hydrogen) atoms. The molecule has 4 heteroatoms. The molecule has 2 fully saturated rings. The Hall–Kier alpha value is -0.420. The normalized spacial score (nSPS) is 42.2. The summed E-state index contributed by atoms with van der Waals surface area (Å²) in [5.74, 6) is -0.314. The molecule has 3 aliphatic rings. The first-order valence-corrected chi connectivity index (χ1v) is 7.75. The summed E-state index contributed by atoms with van der Waals surface area (Å²) in [4.78, 5) is 0. The summed E-state index contributed by atoms with van der Waals surface area (Å²) in [6.45, 7) is 5.47. The summed E-state index contributed by atoms with van der Waals surface area (Å²) >= 11 is 0. The molecule has 0 aromatic carbocycles. The van der Waals surface area contributed by atoms with Crippen molar-refractivity contribution in [2.24, 2.45) is 11.3 Å². The second-order valence-corrected chi connectivity index (χ2v) is 6.86. The van der Waals surface area contributed by atoms with Crippen LogP contribution in [0.4, 0.5) is 0 Å². The largest absolute Gasteiger partial charge is 0.396 e. The van der Waals surface area contributed by atoms with E-state index in [0.717, 1.165) is 12.8 Å². The van der Waals surface area contributed by atoms with Gasteiger partial charge in [-0.05, 0) is 39.5 Å². The zero-order valence-corrected chi connectivity index (χ0v) is 12.5. The highest BCUT2D eigenvalue weighted by Crippen LogP contribution is 2.63. The fourth-order valence-corrected chi connectivity index (χ4v) is 4.70. The van der Waals surface area contributed by atoms with Crippen LogP contribution in [0.1, 0.15) is 46.0 Å². The molecule has 3 atom stereocenters. The number of rotatable bonds is 5. The van der Waals surface area contributed by atoms with E-state index in [9.17, 15) is 10.2 Å². The average Bonchev–Trinajstić information content (AvgIpc) is 2.99. The highest BCUT2D eigenvalue weighted by molar-refractivity contribution is 5.33. The Balaban J connectivity index is 1.77. The third-order valence-corrected chi connectivity index (χ3v) is 5.79. The maximum Gasteiger partial charge on any atom is 0.165 e. The number of aliphatic hydroxyl groups is 2. The molecule has 114 valence electrons. The summed E-state index contributed by atoms with van der Waals surface area (Å²) in [5.41, 5.74) is 0.300. The molecular formula is C16H26O4. The molecule has 0 aromatic rings. The van der Waals surface area contributed by atoms with Gasteiger partial charge < -0.3 is 19.7 Å². The lowest BCUT2D eigenvalue weighted by molar-refractivity contribution is -0.164. The highest BCUT2D eigenvalue weighted by atomic mass is 16.7. The van der Waals surface area contributed by atoms with E-state index in [4.69, 9.17) is 9.47 Å². The molecule has 1 heterocycles. The van der Waals surface area contributed by atoms with E-state index in [-0.39, 0.29) is 17.9 Å². The van der Waals surface area contributed by atoms with Gasteiger partial charge in [0, 0.05) is 24.4 Å². The third-order valence-electron chi connectivity index (χ3n) is 5.79. The Morgan fingerprint density at radius 1 is 1.25 bits per heavy atom. The molecule has 0 spiro atoms. The van der Waals surface area contributed by atoms with Crippen LogP contribution in [0.5, 0.6) is 0 Å². The van der Waals surface area contributed by atoms with Gasteiger partial charge in [0.2, 0.25) is 0 Å². The molecule has 0 amide bonds. The minimum Gasteiger partial charge on any atom is -0.396 e. The number of aliphatic hydroxyl groups excluding tert-OH is 1. The minimum atomic E-state index is -0.738. The van der Waals surface area contributed by atoms with Gasteiger partial charge in [0.1, 0.15) is 0 Å².